The fourth-order valence-corrected chi connectivity index (χ4v) is 3.76. The van der Waals surface area contributed by atoms with Crippen LogP contribution >= 0.6 is 0 Å². The van der Waals surface area contributed by atoms with Crippen molar-refractivity contribution in [3.05, 3.63) is 12.2 Å². The van der Waals surface area contributed by atoms with E-state index in [1.165, 1.54) is 64.2 Å². The van der Waals surface area contributed by atoms with Crippen LogP contribution in [-0.2, 0) is 0 Å². The summed E-state index contributed by atoms with van der Waals surface area (Å²) in [6.45, 7) is 10.1. The Labute approximate surface area is 190 Å². The lowest BCUT2D eigenvalue weighted by Gasteiger charge is -2.31. The zero-order chi connectivity index (χ0) is 22.7. The molecule has 8 heteroatoms. The molecular weight excluding hydrogens is 390 g/mol. The summed E-state index contributed by atoms with van der Waals surface area (Å²) in [6, 6.07) is -0.286. The summed E-state index contributed by atoms with van der Waals surface area (Å²) in [5.74, 6) is 0. The number of carbonyl (C=O) groups excluding carboxylic acids is 1. The van der Waals surface area contributed by atoms with Crippen molar-refractivity contribution >= 4 is 6.03 Å². The molecule has 8 N–H and O–H groups in total. The molecular formula is C23H49N7O. The first-order chi connectivity index (χ1) is 15.0. The number of urea groups is 1. The molecule has 0 radical (unpaired) electrons. The molecule has 0 aliphatic carbocycles. The summed E-state index contributed by atoms with van der Waals surface area (Å²) in [5, 5.41) is 12.8. The first-order valence-corrected chi connectivity index (χ1v) is 12.4. The highest BCUT2D eigenvalue weighted by molar-refractivity contribution is 5.75. The molecule has 0 bridgehead atoms. The van der Waals surface area contributed by atoms with Crippen molar-refractivity contribution in [2.45, 2.75) is 96.6 Å². The topological polar surface area (TPSA) is 120 Å². The highest BCUT2D eigenvalue weighted by Gasteiger charge is 2.21. The van der Waals surface area contributed by atoms with E-state index < -0.39 is 12.6 Å². The molecule has 0 aromatic heterocycles. The minimum atomic E-state index is -0.594. The van der Waals surface area contributed by atoms with Crippen LogP contribution in [0.3, 0.4) is 0 Å². The second kappa shape index (κ2) is 18.4. The normalized spacial score (nSPS) is 25.9. The van der Waals surface area contributed by atoms with Crippen molar-refractivity contribution in [1.29, 1.82) is 0 Å². The number of rotatable bonds is 2. The maximum Gasteiger partial charge on any atom is 0.322 e. The third-order valence-electron chi connectivity index (χ3n) is 5.59. The van der Waals surface area contributed by atoms with E-state index in [0.29, 0.717) is 6.54 Å². The molecule has 1 aliphatic heterocycles. The molecule has 31 heavy (non-hydrogen) atoms. The Morgan fingerprint density at radius 3 is 1.81 bits per heavy atom. The average Bonchev–Trinajstić information content (AvgIpc) is 2.72. The van der Waals surface area contributed by atoms with Crippen molar-refractivity contribution in [2.24, 2.45) is 11.5 Å². The smallest absolute Gasteiger partial charge is 0.317 e. The molecule has 0 aromatic carbocycles. The van der Waals surface area contributed by atoms with Crippen LogP contribution in [0, 0.1) is 0 Å². The molecule has 1 saturated heterocycles. The summed E-state index contributed by atoms with van der Waals surface area (Å²) in [6.07, 6.45) is 13.5. The van der Waals surface area contributed by atoms with Crippen LogP contribution in [-0.4, -0.2) is 56.2 Å². The van der Waals surface area contributed by atoms with Gasteiger partial charge in [0.1, 0.15) is 12.6 Å². The van der Waals surface area contributed by atoms with Gasteiger partial charge in [-0.15, -0.1) is 0 Å². The summed E-state index contributed by atoms with van der Waals surface area (Å²) < 4.78 is 0. The van der Waals surface area contributed by atoms with E-state index in [2.05, 4.69) is 27.8 Å². The predicted molar refractivity (Wildman–Crippen MR) is 130 cm³/mol. The zero-order valence-electron chi connectivity index (χ0n) is 19.9. The largest absolute Gasteiger partial charge is 0.322 e. The first-order valence-electron chi connectivity index (χ1n) is 12.4. The van der Waals surface area contributed by atoms with E-state index in [0.717, 1.165) is 44.6 Å². The van der Waals surface area contributed by atoms with Crippen molar-refractivity contribution in [2.75, 3.05) is 32.7 Å². The number of nitrogens with zero attached hydrogens (tertiary/aromatic N) is 1. The number of nitrogens with one attached hydrogen (secondary N) is 4. The molecule has 2 unspecified atom stereocenters. The van der Waals surface area contributed by atoms with E-state index in [9.17, 15) is 4.79 Å². The van der Waals surface area contributed by atoms with E-state index in [1.807, 2.05) is 6.92 Å². The van der Waals surface area contributed by atoms with Crippen molar-refractivity contribution < 1.29 is 4.79 Å². The van der Waals surface area contributed by atoms with Crippen LogP contribution < -0.4 is 32.7 Å². The van der Waals surface area contributed by atoms with E-state index >= 15 is 0 Å². The van der Waals surface area contributed by atoms with Gasteiger partial charge in [0.05, 0.1) is 0 Å². The van der Waals surface area contributed by atoms with Gasteiger partial charge in [-0.2, -0.15) is 0 Å². The van der Waals surface area contributed by atoms with Crippen molar-refractivity contribution in [1.82, 2.24) is 26.2 Å². The molecule has 1 heterocycles. The fourth-order valence-electron chi connectivity index (χ4n) is 3.76. The number of hydrogen-bond donors (Lipinski definition) is 6. The lowest BCUT2D eigenvalue weighted by Crippen LogP contribution is -2.62. The highest BCUT2D eigenvalue weighted by Crippen LogP contribution is 2.07. The summed E-state index contributed by atoms with van der Waals surface area (Å²) in [4.78, 5) is 14.3. The molecule has 1 fully saturated rings. The van der Waals surface area contributed by atoms with Gasteiger partial charge in [-0.25, -0.2) is 4.79 Å². The van der Waals surface area contributed by atoms with Crippen LogP contribution in [0.4, 0.5) is 4.79 Å². The van der Waals surface area contributed by atoms with Crippen LogP contribution in [0.15, 0.2) is 12.2 Å². The van der Waals surface area contributed by atoms with Gasteiger partial charge in [0, 0.05) is 6.54 Å². The Bertz CT molecular complexity index is 475. The van der Waals surface area contributed by atoms with Gasteiger partial charge in [0.2, 0.25) is 0 Å². The monoisotopic (exact) mass is 439 g/mol. The molecule has 1 rings (SSSR count). The van der Waals surface area contributed by atoms with Crippen LogP contribution in [0.1, 0.15) is 84.0 Å². The summed E-state index contributed by atoms with van der Waals surface area (Å²) >= 11 is 0. The quantitative estimate of drug-likeness (QED) is 0.368. The van der Waals surface area contributed by atoms with E-state index in [-0.39, 0.29) is 6.03 Å². The lowest BCUT2D eigenvalue weighted by atomic mass is 10.1. The Morgan fingerprint density at radius 1 is 0.839 bits per heavy atom. The van der Waals surface area contributed by atoms with Crippen molar-refractivity contribution in [3.8, 4) is 0 Å². The van der Waals surface area contributed by atoms with Gasteiger partial charge in [0.15, 0.2) is 0 Å². The van der Waals surface area contributed by atoms with Gasteiger partial charge in [-0.05, 0) is 58.8 Å². The summed E-state index contributed by atoms with van der Waals surface area (Å²) in [5.41, 5.74) is 13.2. The standard InChI is InChI=1S/C23H49N7O/c1-20(2)19-30-22(25)28-18-14-10-6-4-8-12-16-26-15-11-7-3-5-9-13-17-27-21(24)29-23(30)31/h21-22,26-28H,1,3-19,24-25H2,2H3,(H,29,31). The van der Waals surface area contributed by atoms with Crippen LogP contribution in [0.5, 0.6) is 0 Å². The minimum Gasteiger partial charge on any atom is -0.317 e. The molecule has 2 atom stereocenters. The number of nitrogens with two attached hydrogens (primary N) is 2. The molecule has 2 amide bonds. The highest BCUT2D eigenvalue weighted by atomic mass is 16.2. The maximum absolute atomic E-state index is 12.7. The molecule has 182 valence electrons. The number of carbonyl (C=O) groups is 1. The van der Waals surface area contributed by atoms with Gasteiger partial charge >= 0.3 is 6.03 Å². The minimum absolute atomic E-state index is 0.286. The first kappa shape index (κ1) is 27.8. The van der Waals surface area contributed by atoms with Crippen molar-refractivity contribution in [3.63, 3.8) is 0 Å². The fraction of sp³-hybridized carbons (Fsp3) is 0.870. The van der Waals surface area contributed by atoms with E-state index in [1.54, 1.807) is 4.90 Å². The second-order valence-electron chi connectivity index (χ2n) is 8.86. The van der Waals surface area contributed by atoms with Crippen LogP contribution in [0.25, 0.3) is 0 Å². The van der Waals surface area contributed by atoms with Crippen LogP contribution in [0.2, 0.25) is 0 Å². The molecule has 8 nitrogen and oxygen atoms in total. The molecule has 0 spiro atoms. The molecule has 0 saturated carbocycles. The van der Waals surface area contributed by atoms with Gasteiger partial charge in [-0.3, -0.25) is 27.0 Å². The van der Waals surface area contributed by atoms with Gasteiger partial charge in [-0.1, -0.05) is 63.5 Å². The van der Waals surface area contributed by atoms with Gasteiger partial charge in [0.25, 0.3) is 0 Å². The predicted octanol–water partition coefficient (Wildman–Crippen LogP) is 2.52. The lowest BCUT2D eigenvalue weighted by molar-refractivity contribution is 0.163. The Kier molecular flexibility index (Phi) is 16.5. The number of hydrogen-bond acceptors (Lipinski definition) is 6. The second-order valence-corrected chi connectivity index (χ2v) is 8.86. The third-order valence-corrected chi connectivity index (χ3v) is 5.59. The maximum atomic E-state index is 12.7. The molecule has 1 aliphatic rings. The molecule has 0 aromatic rings. The Morgan fingerprint density at radius 2 is 1.29 bits per heavy atom. The average molecular weight is 440 g/mol. The van der Waals surface area contributed by atoms with E-state index in [4.69, 9.17) is 11.5 Å². The summed E-state index contributed by atoms with van der Waals surface area (Å²) in [7, 11) is 0. The van der Waals surface area contributed by atoms with Gasteiger partial charge < -0.3 is 10.6 Å². The Balaban J connectivity index is 2.49. The third kappa shape index (κ3) is 15.3. The number of amides is 2. The SMILES string of the molecule is C=C(C)CN1C(=O)NC(N)NCCCCCCCCNCCCCCCCCNC1N. The Hall–Kier alpha value is -1.19. The zero-order valence-corrected chi connectivity index (χ0v) is 19.9.